The number of amides is 2. The van der Waals surface area contributed by atoms with Crippen LogP contribution in [0, 0.1) is 5.82 Å². The maximum atomic E-state index is 13.4. The third-order valence-corrected chi connectivity index (χ3v) is 7.07. The van der Waals surface area contributed by atoms with Gasteiger partial charge in [0, 0.05) is 31.6 Å². The maximum Gasteiger partial charge on any atom is 0.243 e. The van der Waals surface area contributed by atoms with Crippen LogP contribution in [0.2, 0.25) is 0 Å². The first-order chi connectivity index (χ1) is 17.5. The summed E-state index contributed by atoms with van der Waals surface area (Å²) in [5, 5.41) is 2.86. The maximum absolute atomic E-state index is 13.4. The summed E-state index contributed by atoms with van der Waals surface area (Å²) >= 11 is 0. The largest absolute Gasteiger partial charge is 0.454 e. The van der Waals surface area contributed by atoms with Gasteiger partial charge in [-0.3, -0.25) is 13.9 Å². The topological polar surface area (TPSA) is 105 Å². The minimum Gasteiger partial charge on any atom is -0.454 e. The van der Waals surface area contributed by atoms with Gasteiger partial charge in [-0.15, -0.1) is 0 Å². The molecule has 11 heteroatoms. The van der Waals surface area contributed by atoms with Crippen molar-refractivity contribution < 1.29 is 31.9 Å². The number of halogens is 1. The van der Waals surface area contributed by atoms with Crippen LogP contribution in [0.25, 0.3) is 0 Å². The average Bonchev–Trinajstić information content (AvgIpc) is 3.29. The number of carbonyl (C=O) groups excluding carboxylic acids is 2. The van der Waals surface area contributed by atoms with Crippen LogP contribution in [0.1, 0.15) is 45.6 Å². The summed E-state index contributed by atoms with van der Waals surface area (Å²) in [7, 11) is -3.64. The number of nitrogens with one attached hydrogen (secondary N) is 1. The van der Waals surface area contributed by atoms with E-state index in [1.165, 1.54) is 21.3 Å². The molecule has 3 rings (SSSR count). The van der Waals surface area contributed by atoms with Gasteiger partial charge in [-0.1, -0.05) is 19.1 Å². The molecule has 1 N–H and O–H groups in total. The number of benzene rings is 2. The Labute approximate surface area is 217 Å². The molecule has 2 aromatic rings. The van der Waals surface area contributed by atoms with Gasteiger partial charge in [-0.05, 0) is 56.5 Å². The van der Waals surface area contributed by atoms with Gasteiger partial charge >= 0.3 is 0 Å². The van der Waals surface area contributed by atoms with Crippen molar-refractivity contribution in [3.05, 3.63) is 53.8 Å². The smallest absolute Gasteiger partial charge is 0.243 e. The molecule has 0 saturated heterocycles. The highest BCUT2D eigenvalue weighted by molar-refractivity contribution is 7.92. The van der Waals surface area contributed by atoms with Crippen molar-refractivity contribution in [3.8, 4) is 11.5 Å². The van der Waals surface area contributed by atoms with Crippen LogP contribution in [-0.2, 0) is 26.2 Å². The van der Waals surface area contributed by atoms with Gasteiger partial charge in [0.1, 0.15) is 11.9 Å². The highest BCUT2D eigenvalue weighted by Gasteiger charge is 2.29. The molecule has 0 saturated carbocycles. The number of hydrogen-bond donors (Lipinski definition) is 1. The molecule has 0 spiro atoms. The fourth-order valence-electron chi connectivity index (χ4n) is 4.13. The highest BCUT2D eigenvalue weighted by atomic mass is 32.2. The Morgan fingerprint density at radius 2 is 1.76 bits per heavy atom. The monoisotopic (exact) mass is 535 g/mol. The summed E-state index contributed by atoms with van der Waals surface area (Å²) in [5.74, 6) is 0.0275. The SMILES string of the molecule is CC[C@H](C(=O)NC(C)C)N(Cc1ccc(F)cc1)C(=O)CCCN(c1ccc2c(c1)OCO2)S(C)(=O)=O. The summed E-state index contributed by atoms with van der Waals surface area (Å²) in [5.41, 5.74) is 1.09. The third kappa shape index (κ3) is 7.58. The fraction of sp³-hybridized carbons (Fsp3) is 0.462. The third-order valence-electron chi connectivity index (χ3n) is 5.88. The number of anilines is 1. The van der Waals surface area contributed by atoms with Crippen molar-refractivity contribution in [2.45, 2.75) is 58.7 Å². The van der Waals surface area contributed by atoms with Crippen molar-refractivity contribution in [1.29, 1.82) is 0 Å². The molecule has 1 heterocycles. The zero-order valence-corrected chi connectivity index (χ0v) is 22.4. The number of rotatable bonds is 12. The summed E-state index contributed by atoms with van der Waals surface area (Å²) in [6.45, 7) is 5.75. The second-order valence-electron chi connectivity index (χ2n) is 9.21. The molecule has 2 aromatic carbocycles. The summed E-state index contributed by atoms with van der Waals surface area (Å²) in [6.07, 6.45) is 1.73. The molecule has 0 fully saturated rings. The van der Waals surface area contributed by atoms with E-state index in [1.807, 2.05) is 20.8 Å². The number of carbonyl (C=O) groups is 2. The van der Waals surface area contributed by atoms with E-state index in [-0.39, 0.29) is 50.6 Å². The van der Waals surface area contributed by atoms with Gasteiger partial charge in [-0.2, -0.15) is 0 Å². The second-order valence-corrected chi connectivity index (χ2v) is 11.1. The first kappa shape index (κ1) is 28.2. The zero-order valence-electron chi connectivity index (χ0n) is 21.6. The Hall–Kier alpha value is -3.34. The van der Waals surface area contributed by atoms with Gasteiger partial charge in [0.25, 0.3) is 0 Å². The Morgan fingerprint density at radius 3 is 2.38 bits per heavy atom. The molecule has 0 aromatic heterocycles. The molecule has 0 unspecified atom stereocenters. The minimum absolute atomic E-state index is 0.0171. The summed E-state index contributed by atoms with van der Waals surface area (Å²) < 4.78 is 50.4. The number of sulfonamides is 1. The number of hydrogen-bond acceptors (Lipinski definition) is 6. The highest BCUT2D eigenvalue weighted by Crippen LogP contribution is 2.36. The lowest BCUT2D eigenvalue weighted by molar-refractivity contribution is -0.141. The molecular weight excluding hydrogens is 501 g/mol. The van der Waals surface area contributed by atoms with E-state index >= 15 is 0 Å². The number of nitrogens with zero attached hydrogens (tertiary/aromatic N) is 2. The van der Waals surface area contributed by atoms with Crippen molar-refractivity contribution in [2.24, 2.45) is 0 Å². The summed E-state index contributed by atoms with van der Waals surface area (Å²) in [4.78, 5) is 27.8. The lowest BCUT2D eigenvalue weighted by Crippen LogP contribution is -2.50. The van der Waals surface area contributed by atoms with Gasteiger partial charge in [-0.25, -0.2) is 12.8 Å². The quantitative estimate of drug-likeness (QED) is 0.447. The van der Waals surface area contributed by atoms with E-state index in [0.29, 0.717) is 29.2 Å². The summed E-state index contributed by atoms with van der Waals surface area (Å²) in [6, 6.07) is 9.81. The van der Waals surface area contributed by atoms with E-state index in [9.17, 15) is 22.4 Å². The zero-order chi connectivity index (χ0) is 27.2. The van der Waals surface area contributed by atoms with E-state index in [2.05, 4.69) is 5.32 Å². The lowest BCUT2D eigenvalue weighted by atomic mass is 10.1. The van der Waals surface area contributed by atoms with Crippen LogP contribution in [0.15, 0.2) is 42.5 Å². The molecular formula is C26H34FN3O6S. The molecule has 2 amide bonds. The first-order valence-electron chi connectivity index (χ1n) is 12.2. The molecule has 202 valence electrons. The lowest BCUT2D eigenvalue weighted by Gasteiger charge is -2.31. The Bertz CT molecular complexity index is 1200. The minimum atomic E-state index is -3.64. The standard InChI is InChI=1S/C26H34FN3O6S/c1-5-22(26(32)28-18(2)3)29(16-19-8-10-20(27)11-9-19)25(31)7-6-14-30(37(4,33)34)21-12-13-23-24(15-21)36-17-35-23/h8-13,15,18,22H,5-7,14,16-17H2,1-4H3,(H,28,32)/t22-/m1/s1. The Morgan fingerprint density at radius 1 is 1.08 bits per heavy atom. The van der Waals surface area contributed by atoms with Crippen LogP contribution in [-0.4, -0.2) is 56.8 Å². The van der Waals surface area contributed by atoms with Crippen LogP contribution in [0.5, 0.6) is 11.5 Å². The van der Waals surface area contributed by atoms with E-state index in [4.69, 9.17) is 9.47 Å². The second kappa shape index (κ2) is 12.3. The van der Waals surface area contributed by atoms with Crippen LogP contribution in [0.4, 0.5) is 10.1 Å². The number of ether oxygens (including phenoxy) is 2. The number of fused-ring (bicyclic) bond motifs is 1. The van der Waals surface area contributed by atoms with Crippen molar-refractivity contribution in [3.63, 3.8) is 0 Å². The van der Waals surface area contributed by atoms with Gasteiger partial charge in [0.05, 0.1) is 11.9 Å². The molecule has 1 aliphatic heterocycles. The Balaban J connectivity index is 1.76. The fourth-order valence-corrected chi connectivity index (χ4v) is 5.09. The van der Waals surface area contributed by atoms with Crippen LogP contribution in [0.3, 0.4) is 0 Å². The molecule has 1 aliphatic rings. The predicted molar refractivity (Wildman–Crippen MR) is 138 cm³/mol. The molecule has 0 aliphatic carbocycles. The van der Waals surface area contributed by atoms with Crippen molar-refractivity contribution in [2.75, 3.05) is 23.9 Å². The molecule has 9 nitrogen and oxygen atoms in total. The Kier molecular flexibility index (Phi) is 9.36. The average molecular weight is 536 g/mol. The molecule has 1 atom stereocenters. The van der Waals surface area contributed by atoms with Gasteiger partial charge in [0.15, 0.2) is 11.5 Å². The van der Waals surface area contributed by atoms with Gasteiger partial charge < -0.3 is 19.7 Å². The van der Waals surface area contributed by atoms with Crippen molar-refractivity contribution >= 4 is 27.5 Å². The van der Waals surface area contributed by atoms with Crippen LogP contribution >= 0.6 is 0 Å². The van der Waals surface area contributed by atoms with Crippen molar-refractivity contribution in [1.82, 2.24) is 10.2 Å². The molecule has 0 radical (unpaired) electrons. The normalized spacial score (nSPS) is 13.4. The first-order valence-corrected chi connectivity index (χ1v) is 14.1. The van der Waals surface area contributed by atoms with Crippen LogP contribution < -0.4 is 19.1 Å². The van der Waals surface area contributed by atoms with E-state index in [1.54, 1.807) is 30.3 Å². The van der Waals surface area contributed by atoms with E-state index in [0.717, 1.165) is 6.26 Å². The predicted octanol–water partition coefficient (Wildman–Crippen LogP) is 3.43. The molecule has 37 heavy (non-hydrogen) atoms. The van der Waals surface area contributed by atoms with Gasteiger partial charge in [0.2, 0.25) is 28.6 Å². The van der Waals surface area contributed by atoms with E-state index < -0.39 is 21.9 Å². The molecule has 0 bridgehead atoms.